The first-order valence-corrected chi connectivity index (χ1v) is 10.2. The first-order chi connectivity index (χ1) is 15.1. The van der Waals surface area contributed by atoms with Crippen LogP contribution in [0.4, 0.5) is 4.79 Å². The van der Waals surface area contributed by atoms with E-state index in [1.807, 2.05) is 49.4 Å². The van der Waals surface area contributed by atoms with Gasteiger partial charge in [-0.2, -0.15) is 0 Å². The Kier molecular flexibility index (Phi) is 7.59. The molecule has 0 saturated heterocycles. The summed E-state index contributed by atoms with van der Waals surface area (Å²) in [5, 5.41) is 7.12. The number of nitrogens with one attached hydrogen (secondary N) is 1. The van der Waals surface area contributed by atoms with Crippen molar-refractivity contribution in [2.24, 2.45) is 5.16 Å². The van der Waals surface area contributed by atoms with Gasteiger partial charge in [0.1, 0.15) is 5.75 Å². The summed E-state index contributed by atoms with van der Waals surface area (Å²) >= 11 is 0. The summed E-state index contributed by atoms with van der Waals surface area (Å²) in [6, 6.07) is 13.2. The lowest BCUT2D eigenvalue weighted by molar-refractivity contribution is 0.0590. The van der Waals surface area contributed by atoms with E-state index in [0.29, 0.717) is 37.6 Å². The van der Waals surface area contributed by atoms with Gasteiger partial charge in [-0.05, 0) is 42.8 Å². The fourth-order valence-corrected chi connectivity index (χ4v) is 3.43. The Labute approximate surface area is 182 Å². The molecule has 0 spiro atoms. The van der Waals surface area contributed by atoms with Crippen molar-refractivity contribution in [2.75, 3.05) is 34.4 Å². The maximum atomic E-state index is 12.7. The van der Waals surface area contributed by atoms with Gasteiger partial charge in [0.15, 0.2) is 17.6 Å². The highest BCUT2D eigenvalue weighted by Crippen LogP contribution is 2.29. The zero-order valence-electron chi connectivity index (χ0n) is 18.4. The average Bonchev–Trinajstić information content (AvgIpc) is 3.27. The fraction of sp³-hybridized carbons (Fsp3) is 0.391. The van der Waals surface area contributed by atoms with Crippen LogP contribution in [-0.4, -0.2) is 57.2 Å². The number of urea groups is 1. The van der Waals surface area contributed by atoms with E-state index < -0.39 is 0 Å². The zero-order chi connectivity index (χ0) is 22.2. The van der Waals surface area contributed by atoms with Crippen molar-refractivity contribution in [3.05, 3.63) is 53.6 Å². The van der Waals surface area contributed by atoms with E-state index in [1.165, 1.54) is 0 Å². The van der Waals surface area contributed by atoms with Gasteiger partial charge in [-0.15, -0.1) is 0 Å². The van der Waals surface area contributed by atoms with Crippen LogP contribution < -0.4 is 19.5 Å². The summed E-state index contributed by atoms with van der Waals surface area (Å²) in [5.41, 5.74) is 2.69. The molecule has 0 radical (unpaired) electrons. The lowest BCUT2D eigenvalue weighted by atomic mass is 10.0. The van der Waals surface area contributed by atoms with Crippen LogP contribution in [0.5, 0.6) is 17.2 Å². The topological polar surface area (TPSA) is 81.6 Å². The highest BCUT2D eigenvalue weighted by atomic mass is 16.6. The van der Waals surface area contributed by atoms with Crippen molar-refractivity contribution >= 4 is 11.7 Å². The maximum absolute atomic E-state index is 12.7. The Bertz CT molecular complexity index is 931. The third-order valence-corrected chi connectivity index (χ3v) is 5.00. The maximum Gasteiger partial charge on any atom is 0.317 e. The molecule has 0 fully saturated rings. The third kappa shape index (κ3) is 5.59. The van der Waals surface area contributed by atoms with Crippen molar-refractivity contribution in [3.8, 4) is 17.2 Å². The molecule has 0 unspecified atom stereocenters. The lowest BCUT2D eigenvalue weighted by Gasteiger charge is -2.25. The standard InChI is InChI=1S/C23H29N3O5/c1-5-24-23(27)26(14-16-7-6-8-18(11-16)28-2)15-19-13-20(25-31-19)17-9-10-21(29-3)22(12-17)30-4/h6-12,19H,5,13-15H2,1-4H3,(H,24,27)/t19-/m0/s1. The molecule has 0 bridgehead atoms. The molecule has 1 aliphatic heterocycles. The fourth-order valence-electron chi connectivity index (χ4n) is 3.43. The number of rotatable bonds is 9. The van der Waals surface area contributed by atoms with Gasteiger partial charge >= 0.3 is 6.03 Å². The van der Waals surface area contributed by atoms with Crippen molar-refractivity contribution in [3.63, 3.8) is 0 Å². The first-order valence-electron chi connectivity index (χ1n) is 10.2. The number of nitrogens with zero attached hydrogens (tertiary/aromatic N) is 2. The molecule has 1 N–H and O–H groups in total. The largest absolute Gasteiger partial charge is 0.497 e. The zero-order valence-corrected chi connectivity index (χ0v) is 18.4. The van der Waals surface area contributed by atoms with Gasteiger partial charge in [-0.1, -0.05) is 17.3 Å². The molecule has 0 saturated carbocycles. The average molecular weight is 428 g/mol. The van der Waals surface area contributed by atoms with Crippen molar-refractivity contribution in [1.82, 2.24) is 10.2 Å². The van der Waals surface area contributed by atoms with Gasteiger partial charge in [0.05, 0.1) is 33.6 Å². The van der Waals surface area contributed by atoms with Crippen LogP contribution in [0, 0.1) is 0 Å². The molecule has 8 heteroatoms. The Balaban J connectivity index is 1.69. The van der Waals surface area contributed by atoms with Crippen LogP contribution in [0.2, 0.25) is 0 Å². The monoisotopic (exact) mass is 427 g/mol. The van der Waals surface area contributed by atoms with Gasteiger partial charge < -0.3 is 29.3 Å². The molecule has 0 aliphatic carbocycles. The minimum atomic E-state index is -0.240. The molecule has 31 heavy (non-hydrogen) atoms. The Morgan fingerprint density at radius 3 is 2.65 bits per heavy atom. The van der Waals surface area contributed by atoms with Gasteiger partial charge in [0.2, 0.25) is 0 Å². The van der Waals surface area contributed by atoms with Crippen LogP contribution in [0.25, 0.3) is 0 Å². The number of hydrogen-bond donors (Lipinski definition) is 1. The predicted molar refractivity (Wildman–Crippen MR) is 118 cm³/mol. The van der Waals surface area contributed by atoms with Crippen LogP contribution in [0.3, 0.4) is 0 Å². The highest BCUT2D eigenvalue weighted by Gasteiger charge is 2.27. The molecular formula is C23H29N3O5. The SMILES string of the molecule is CCNC(=O)N(Cc1cccc(OC)c1)C[C@@H]1CC(c2ccc(OC)c(OC)c2)=NO1. The minimum absolute atomic E-state index is 0.145. The molecule has 1 aliphatic rings. The molecule has 1 heterocycles. The Morgan fingerprint density at radius 2 is 1.94 bits per heavy atom. The van der Waals surface area contributed by atoms with Crippen molar-refractivity contribution in [1.29, 1.82) is 0 Å². The van der Waals surface area contributed by atoms with Crippen LogP contribution in [-0.2, 0) is 11.4 Å². The van der Waals surface area contributed by atoms with Crippen LogP contribution in [0.1, 0.15) is 24.5 Å². The quantitative estimate of drug-likeness (QED) is 0.663. The number of hydrogen-bond acceptors (Lipinski definition) is 6. The molecule has 1 atom stereocenters. The summed E-state index contributed by atoms with van der Waals surface area (Å²) in [5.74, 6) is 2.04. The molecule has 2 amide bonds. The molecule has 2 aromatic rings. The third-order valence-electron chi connectivity index (χ3n) is 5.00. The molecule has 3 rings (SSSR count). The Morgan fingerprint density at radius 1 is 1.13 bits per heavy atom. The first kappa shape index (κ1) is 22.3. The second-order valence-electron chi connectivity index (χ2n) is 7.11. The molecular weight excluding hydrogens is 398 g/mol. The molecule has 8 nitrogen and oxygen atoms in total. The summed E-state index contributed by atoms with van der Waals surface area (Å²) in [6.07, 6.45) is 0.347. The van der Waals surface area contributed by atoms with Crippen LogP contribution in [0.15, 0.2) is 47.6 Å². The molecule has 0 aromatic heterocycles. The number of methoxy groups -OCH3 is 3. The van der Waals surface area contributed by atoms with E-state index >= 15 is 0 Å². The van der Waals surface area contributed by atoms with E-state index in [1.54, 1.807) is 26.2 Å². The second-order valence-corrected chi connectivity index (χ2v) is 7.11. The van der Waals surface area contributed by atoms with Crippen LogP contribution >= 0.6 is 0 Å². The van der Waals surface area contributed by atoms with Gasteiger partial charge in [-0.25, -0.2) is 4.79 Å². The summed E-state index contributed by atoms with van der Waals surface area (Å²) < 4.78 is 16.0. The van der Waals surface area contributed by atoms with E-state index in [9.17, 15) is 4.79 Å². The summed E-state index contributed by atoms with van der Waals surface area (Å²) in [7, 11) is 4.82. The number of benzene rings is 2. The normalized spacial score (nSPS) is 15.0. The molecule has 166 valence electrons. The summed E-state index contributed by atoms with van der Waals surface area (Å²) in [4.78, 5) is 20.0. The lowest BCUT2D eigenvalue weighted by Crippen LogP contribution is -2.43. The van der Waals surface area contributed by atoms with E-state index in [0.717, 1.165) is 22.6 Å². The van der Waals surface area contributed by atoms with Gasteiger partial charge in [-0.3, -0.25) is 0 Å². The van der Waals surface area contributed by atoms with Gasteiger partial charge in [0.25, 0.3) is 0 Å². The number of oxime groups is 1. The predicted octanol–water partition coefficient (Wildman–Crippen LogP) is 3.44. The smallest absolute Gasteiger partial charge is 0.317 e. The Hall–Kier alpha value is -3.42. The number of amides is 2. The van der Waals surface area contributed by atoms with Crippen molar-refractivity contribution < 1.29 is 23.8 Å². The van der Waals surface area contributed by atoms with E-state index in [4.69, 9.17) is 19.0 Å². The highest BCUT2D eigenvalue weighted by molar-refractivity contribution is 6.01. The number of carbonyl (C=O) groups is 1. The van der Waals surface area contributed by atoms with Crippen molar-refractivity contribution in [2.45, 2.75) is 26.0 Å². The minimum Gasteiger partial charge on any atom is -0.497 e. The number of carbonyl (C=O) groups excluding carboxylic acids is 1. The molecule has 2 aromatic carbocycles. The summed E-state index contributed by atoms with van der Waals surface area (Å²) in [6.45, 7) is 3.29. The second kappa shape index (κ2) is 10.6. The van der Waals surface area contributed by atoms with Gasteiger partial charge in [0, 0.05) is 25.1 Å². The number of ether oxygens (including phenoxy) is 3. The van der Waals surface area contributed by atoms with E-state index in [2.05, 4.69) is 10.5 Å². The van der Waals surface area contributed by atoms with E-state index in [-0.39, 0.29) is 12.1 Å².